The summed E-state index contributed by atoms with van der Waals surface area (Å²) in [5.74, 6) is -1.53. The normalized spacial score (nSPS) is 13.4. The van der Waals surface area contributed by atoms with Crippen molar-refractivity contribution in [3.05, 3.63) is 98.0 Å². The second-order valence-corrected chi connectivity index (χ2v) is 9.98. The molecule has 1 heterocycles. The minimum Gasteiger partial charge on any atom is -0.462 e. The van der Waals surface area contributed by atoms with Crippen molar-refractivity contribution < 1.29 is 19.1 Å². The SMILES string of the molecule is CCCOC(=O)c1ccc(N2C(=O)C(Nc3ccc(Cl)c(Cl)c3)=C(Sc3ccc(Cl)cc3)C2=O)cc1. The summed E-state index contributed by atoms with van der Waals surface area (Å²) in [5.41, 5.74) is 1.22. The van der Waals surface area contributed by atoms with Crippen LogP contribution in [0.1, 0.15) is 23.7 Å². The molecule has 2 amide bonds. The molecule has 10 heteroatoms. The van der Waals surface area contributed by atoms with Crippen molar-refractivity contribution in [2.24, 2.45) is 0 Å². The standard InChI is InChI=1S/C26H19Cl3N2O4S/c1-2-13-35-26(34)15-3-8-18(9-4-15)31-24(32)22(30-17-7-12-20(28)21(29)14-17)23(25(31)33)36-19-10-5-16(27)6-11-19/h3-12,14,30H,2,13H2,1H3. The van der Waals surface area contributed by atoms with Crippen LogP contribution in [-0.4, -0.2) is 24.4 Å². The molecule has 3 aromatic rings. The summed E-state index contributed by atoms with van der Waals surface area (Å²) in [6, 6.07) is 17.8. The predicted octanol–water partition coefficient (Wildman–Crippen LogP) is 7.20. The summed E-state index contributed by atoms with van der Waals surface area (Å²) in [6.45, 7) is 2.21. The number of rotatable bonds is 8. The highest BCUT2D eigenvalue weighted by molar-refractivity contribution is 8.04. The van der Waals surface area contributed by atoms with E-state index in [9.17, 15) is 14.4 Å². The Labute approximate surface area is 227 Å². The van der Waals surface area contributed by atoms with E-state index in [1.54, 1.807) is 42.5 Å². The Hall–Kier alpha value is -2.97. The Balaban J connectivity index is 1.67. The molecule has 1 aliphatic rings. The smallest absolute Gasteiger partial charge is 0.338 e. The van der Waals surface area contributed by atoms with Gasteiger partial charge in [0, 0.05) is 15.6 Å². The number of ether oxygens (including phenoxy) is 1. The van der Waals surface area contributed by atoms with Crippen LogP contribution in [0.15, 0.2) is 82.2 Å². The Morgan fingerprint density at radius 1 is 0.917 bits per heavy atom. The van der Waals surface area contributed by atoms with E-state index >= 15 is 0 Å². The number of halogens is 3. The van der Waals surface area contributed by atoms with Gasteiger partial charge in [-0.25, -0.2) is 9.69 Å². The van der Waals surface area contributed by atoms with Crippen molar-refractivity contribution in [3.8, 4) is 0 Å². The number of nitrogens with zero attached hydrogens (tertiary/aromatic N) is 1. The molecular weight excluding hydrogens is 543 g/mol. The van der Waals surface area contributed by atoms with E-state index in [4.69, 9.17) is 39.5 Å². The molecule has 1 N–H and O–H groups in total. The molecule has 36 heavy (non-hydrogen) atoms. The van der Waals surface area contributed by atoms with Gasteiger partial charge in [0.25, 0.3) is 11.8 Å². The van der Waals surface area contributed by atoms with Crippen molar-refractivity contribution in [2.75, 3.05) is 16.8 Å². The molecule has 0 unspecified atom stereocenters. The molecule has 0 aromatic heterocycles. The number of amides is 2. The molecule has 0 spiro atoms. The van der Waals surface area contributed by atoms with Crippen molar-refractivity contribution >= 4 is 75.7 Å². The van der Waals surface area contributed by atoms with Crippen LogP contribution in [0, 0.1) is 0 Å². The molecule has 6 nitrogen and oxygen atoms in total. The first-order chi connectivity index (χ1) is 17.3. The lowest BCUT2D eigenvalue weighted by Crippen LogP contribution is -2.32. The number of hydrogen-bond donors (Lipinski definition) is 1. The summed E-state index contributed by atoms with van der Waals surface area (Å²) < 4.78 is 5.14. The zero-order valence-corrected chi connectivity index (χ0v) is 22.0. The largest absolute Gasteiger partial charge is 0.462 e. The molecule has 0 atom stereocenters. The van der Waals surface area contributed by atoms with Crippen LogP contribution < -0.4 is 10.2 Å². The Bertz CT molecular complexity index is 1360. The lowest BCUT2D eigenvalue weighted by Gasteiger charge is -2.16. The van der Waals surface area contributed by atoms with Crippen molar-refractivity contribution in [2.45, 2.75) is 18.2 Å². The first-order valence-corrected chi connectivity index (χ1v) is 12.8. The highest BCUT2D eigenvalue weighted by atomic mass is 35.5. The van der Waals surface area contributed by atoms with Gasteiger partial charge in [0.1, 0.15) is 10.6 Å². The van der Waals surface area contributed by atoms with Gasteiger partial charge in [-0.1, -0.05) is 53.5 Å². The van der Waals surface area contributed by atoms with Crippen molar-refractivity contribution in [1.29, 1.82) is 0 Å². The van der Waals surface area contributed by atoms with Gasteiger partial charge in [0.15, 0.2) is 0 Å². The summed E-state index contributed by atoms with van der Waals surface area (Å²) >= 11 is 19.3. The van der Waals surface area contributed by atoms with E-state index in [-0.39, 0.29) is 10.6 Å². The maximum Gasteiger partial charge on any atom is 0.338 e. The average Bonchev–Trinajstić information content (AvgIpc) is 3.10. The number of carbonyl (C=O) groups excluding carboxylic acids is 3. The first-order valence-electron chi connectivity index (χ1n) is 10.8. The molecule has 0 fully saturated rings. The van der Waals surface area contributed by atoms with Crippen LogP contribution >= 0.6 is 46.6 Å². The van der Waals surface area contributed by atoms with Crippen LogP contribution in [0.4, 0.5) is 11.4 Å². The third-order valence-corrected chi connectivity index (χ3v) is 7.14. The number of anilines is 2. The lowest BCUT2D eigenvalue weighted by atomic mass is 10.2. The third-order valence-electron chi connectivity index (χ3n) is 5.06. The van der Waals surface area contributed by atoms with E-state index in [1.807, 2.05) is 6.92 Å². The molecule has 0 saturated heterocycles. The molecular formula is C26H19Cl3N2O4S. The fraction of sp³-hybridized carbons (Fsp3) is 0.115. The highest BCUT2D eigenvalue weighted by Gasteiger charge is 2.40. The summed E-state index contributed by atoms with van der Waals surface area (Å²) in [4.78, 5) is 41.1. The van der Waals surface area contributed by atoms with Gasteiger partial charge in [-0.05, 0) is 73.2 Å². The Kier molecular flexibility index (Phi) is 8.26. The first kappa shape index (κ1) is 26.1. The Morgan fingerprint density at radius 3 is 2.25 bits per heavy atom. The van der Waals surface area contributed by atoms with Gasteiger partial charge in [0.05, 0.1) is 27.9 Å². The zero-order valence-electron chi connectivity index (χ0n) is 18.9. The monoisotopic (exact) mass is 560 g/mol. The summed E-state index contributed by atoms with van der Waals surface area (Å²) in [5, 5.41) is 4.24. The second-order valence-electron chi connectivity index (χ2n) is 7.64. The van der Waals surface area contributed by atoms with E-state index in [1.165, 1.54) is 24.3 Å². The summed E-state index contributed by atoms with van der Waals surface area (Å²) in [7, 11) is 0. The fourth-order valence-corrected chi connectivity index (χ4v) is 4.66. The maximum atomic E-state index is 13.5. The van der Waals surface area contributed by atoms with Gasteiger partial charge in [0.2, 0.25) is 0 Å². The molecule has 184 valence electrons. The minimum absolute atomic E-state index is 0.0878. The topological polar surface area (TPSA) is 75.7 Å². The molecule has 0 bridgehead atoms. The number of nitrogens with one attached hydrogen (secondary N) is 1. The van der Waals surface area contributed by atoms with E-state index in [0.717, 1.165) is 21.6 Å². The van der Waals surface area contributed by atoms with Gasteiger partial charge < -0.3 is 10.1 Å². The fourth-order valence-electron chi connectivity index (χ4n) is 3.31. The molecule has 4 rings (SSSR count). The van der Waals surface area contributed by atoms with Gasteiger partial charge in [-0.15, -0.1) is 0 Å². The second kappa shape index (κ2) is 11.4. The number of benzene rings is 3. The predicted molar refractivity (Wildman–Crippen MR) is 144 cm³/mol. The van der Waals surface area contributed by atoms with Crippen LogP contribution in [0.3, 0.4) is 0 Å². The number of hydrogen-bond acceptors (Lipinski definition) is 6. The van der Waals surface area contributed by atoms with Crippen molar-refractivity contribution in [1.82, 2.24) is 0 Å². The van der Waals surface area contributed by atoms with Crippen molar-refractivity contribution in [3.63, 3.8) is 0 Å². The van der Waals surface area contributed by atoms with E-state index in [0.29, 0.717) is 45.0 Å². The quantitative estimate of drug-likeness (QED) is 0.231. The van der Waals surface area contributed by atoms with Crippen LogP contribution in [0.25, 0.3) is 0 Å². The molecule has 0 aliphatic carbocycles. The highest BCUT2D eigenvalue weighted by Crippen LogP contribution is 2.38. The van der Waals surface area contributed by atoms with E-state index < -0.39 is 17.8 Å². The van der Waals surface area contributed by atoms with Crippen LogP contribution in [0.2, 0.25) is 15.1 Å². The van der Waals surface area contributed by atoms with Gasteiger partial charge >= 0.3 is 5.97 Å². The molecule has 3 aromatic carbocycles. The zero-order chi connectivity index (χ0) is 25.8. The number of carbonyl (C=O) groups is 3. The van der Waals surface area contributed by atoms with Crippen LogP contribution in [-0.2, 0) is 14.3 Å². The number of esters is 1. The minimum atomic E-state index is -0.552. The number of thioether (sulfide) groups is 1. The molecule has 0 saturated carbocycles. The van der Waals surface area contributed by atoms with Gasteiger partial charge in [-0.3, -0.25) is 9.59 Å². The number of imide groups is 1. The van der Waals surface area contributed by atoms with E-state index in [2.05, 4.69) is 5.32 Å². The lowest BCUT2D eigenvalue weighted by molar-refractivity contribution is -0.120. The Morgan fingerprint density at radius 2 is 1.61 bits per heavy atom. The maximum absolute atomic E-state index is 13.5. The average molecular weight is 562 g/mol. The summed E-state index contributed by atoms with van der Waals surface area (Å²) in [6.07, 6.45) is 0.703. The third kappa shape index (κ3) is 5.71. The van der Waals surface area contributed by atoms with Gasteiger partial charge in [-0.2, -0.15) is 0 Å². The molecule has 1 aliphatic heterocycles. The van der Waals surface area contributed by atoms with Crippen LogP contribution in [0.5, 0.6) is 0 Å². The molecule has 0 radical (unpaired) electrons.